The smallest absolute Gasteiger partial charge is 0.269 e. The van der Waals surface area contributed by atoms with Crippen LogP contribution in [0.2, 0.25) is 0 Å². The average molecular weight is 488 g/mol. The third-order valence-corrected chi connectivity index (χ3v) is 6.36. The molecule has 184 valence electrons. The largest absolute Gasteiger partial charge is 0.497 e. The maximum Gasteiger partial charge on any atom is 0.269 e. The predicted octanol–water partition coefficient (Wildman–Crippen LogP) is 4.56. The molecule has 0 heterocycles. The summed E-state index contributed by atoms with van der Waals surface area (Å²) in [6.45, 7) is 4.87. The standard InChI is InChI=1S/C25H33N3O5S/c1-4-6-15-26-25(30)23(5-2)27(16-19-9-13-22(33-3)14-10-19)24(29)18-34-17-20-7-11-21(12-8-20)28(31)32/h7-14,23H,4-6,15-18H2,1-3H3,(H,26,30)/t23-/m1/s1. The van der Waals surface area contributed by atoms with Gasteiger partial charge in [-0.25, -0.2) is 0 Å². The van der Waals surface area contributed by atoms with Crippen LogP contribution in [0.5, 0.6) is 5.75 Å². The highest BCUT2D eigenvalue weighted by Gasteiger charge is 2.28. The van der Waals surface area contributed by atoms with Gasteiger partial charge in [0.2, 0.25) is 11.8 Å². The first-order chi connectivity index (χ1) is 16.4. The Morgan fingerprint density at radius 1 is 1.09 bits per heavy atom. The third kappa shape index (κ3) is 8.37. The summed E-state index contributed by atoms with van der Waals surface area (Å²) in [5.41, 5.74) is 1.85. The van der Waals surface area contributed by atoms with Gasteiger partial charge < -0.3 is 15.0 Å². The zero-order valence-electron chi connectivity index (χ0n) is 20.0. The lowest BCUT2D eigenvalue weighted by atomic mass is 10.1. The van der Waals surface area contributed by atoms with E-state index in [1.165, 1.54) is 23.9 Å². The van der Waals surface area contributed by atoms with E-state index in [0.29, 0.717) is 25.3 Å². The molecule has 2 amide bonds. The summed E-state index contributed by atoms with van der Waals surface area (Å²) in [6.07, 6.45) is 2.37. The van der Waals surface area contributed by atoms with Crippen LogP contribution in [-0.2, 0) is 21.9 Å². The number of nitrogens with one attached hydrogen (secondary N) is 1. The molecule has 2 aromatic rings. The Morgan fingerprint density at radius 3 is 2.29 bits per heavy atom. The fourth-order valence-corrected chi connectivity index (χ4v) is 4.28. The number of nitro benzene ring substituents is 1. The average Bonchev–Trinajstić information content (AvgIpc) is 2.84. The number of thioether (sulfide) groups is 1. The fourth-order valence-electron chi connectivity index (χ4n) is 3.41. The van der Waals surface area contributed by atoms with Crippen LogP contribution in [0.4, 0.5) is 5.69 Å². The van der Waals surface area contributed by atoms with Crippen LogP contribution in [0.15, 0.2) is 48.5 Å². The van der Waals surface area contributed by atoms with E-state index in [1.807, 2.05) is 31.2 Å². The van der Waals surface area contributed by atoms with Crippen LogP contribution in [0, 0.1) is 10.1 Å². The summed E-state index contributed by atoms with van der Waals surface area (Å²) in [6, 6.07) is 13.2. The highest BCUT2D eigenvalue weighted by Crippen LogP contribution is 2.20. The normalized spacial score (nSPS) is 11.5. The first kappa shape index (κ1) is 27.2. The molecular formula is C25H33N3O5S. The molecule has 2 rings (SSSR count). The van der Waals surface area contributed by atoms with E-state index in [-0.39, 0.29) is 23.3 Å². The van der Waals surface area contributed by atoms with Crippen molar-refractivity contribution in [2.45, 2.75) is 51.4 Å². The molecule has 0 saturated heterocycles. The molecule has 0 aromatic heterocycles. The van der Waals surface area contributed by atoms with Crippen molar-refractivity contribution in [3.63, 3.8) is 0 Å². The number of nitro groups is 1. The lowest BCUT2D eigenvalue weighted by Gasteiger charge is -2.30. The molecule has 0 aliphatic rings. The van der Waals surface area contributed by atoms with Gasteiger partial charge >= 0.3 is 0 Å². The Morgan fingerprint density at radius 2 is 1.74 bits per heavy atom. The van der Waals surface area contributed by atoms with Gasteiger partial charge in [-0.1, -0.05) is 44.5 Å². The van der Waals surface area contributed by atoms with Gasteiger partial charge in [-0.15, -0.1) is 11.8 Å². The molecule has 1 atom stereocenters. The summed E-state index contributed by atoms with van der Waals surface area (Å²) in [5.74, 6) is 1.20. The number of amides is 2. The van der Waals surface area contributed by atoms with Crippen molar-refractivity contribution in [2.24, 2.45) is 0 Å². The number of nitrogens with zero attached hydrogens (tertiary/aromatic N) is 2. The summed E-state index contributed by atoms with van der Waals surface area (Å²) >= 11 is 1.42. The van der Waals surface area contributed by atoms with Crippen molar-refractivity contribution in [3.05, 3.63) is 69.8 Å². The number of unbranched alkanes of at least 4 members (excludes halogenated alkanes) is 1. The minimum absolute atomic E-state index is 0.0374. The molecule has 0 aliphatic carbocycles. The molecule has 0 radical (unpaired) electrons. The van der Waals surface area contributed by atoms with Crippen molar-refractivity contribution in [1.82, 2.24) is 10.2 Å². The molecule has 0 bridgehead atoms. The lowest BCUT2D eigenvalue weighted by molar-refractivity contribution is -0.384. The summed E-state index contributed by atoms with van der Waals surface area (Å²) in [7, 11) is 1.60. The molecule has 0 unspecified atom stereocenters. The van der Waals surface area contributed by atoms with E-state index in [0.717, 1.165) is 29.7 Å². The second-order valence-corrected chi connectivity index (χ2v) is 8.84. The van der Waals surface area contributed by atoms with Crippen molar-refractivity contribution in [2.75, 3.05) is 19.4 Å². The van der Waals surface area contributed by atoms with Gasteiger partial charge in [-0.3, -0.25) is 19.7 Å². The molecule has 8 nitrogen and oxygen atoms in total. The van der Waals surface area contributed by atoms with Crippen LogP contribution in [-0.4, -0.2) is 47.1 Å². The van der Waals surface area contributed by atoms with Crippen molar-refractivity contribution in [3.8, 4) is 5.75 Å². The van der Waals surface area contributed by atoms with Gasteiger partial charge in [0.25, 0.3) is 5.69 Å². The van der Waals surface area contributed by atoms with Gasteiger partial charge in [0.1, 0.15) is 11.8 Å². The van der Waals surface area contributed by atoms with E-state index < -0.39 is 11.0 Å². The molecule has 1 N–H and O–H groups in total. The van der Waals surface area contributed by atoms with E-state index >= 15 is 0 Å². The number of rotatable bonds is 14. The highest BCUT2D eigenvalue weighted by atomic mass is 32.2. The van der Waals surface area contributed by atoms with Crippen molar-refractivity contribution < 1.29 is 19.2 Å². The number of non-ortho nitro benzene ring substituents is 1. The monoisotopic (exact) mass is 487 g/mol. The first-order valence-electron chi connectivity index (χ1n) is 11.4. The van der Waals surface area contributed by atoms with Crippen molar-refractivity contribution >= 4 is 29.3 Å². The number of hydrogen-bond donors (Lipinski definition) is 1. The topological polar surface area (TPSA) is 102 Å². The zero-order chi connectivity index (χ0) is 24.9. The number of methoxy groups -OCH3 is 1. The molecular weight excluding hydrogens is 454 g/mol. The summed E-state index contributed by atoms with van der Waals surface area (Å²) in [4.78, 5) is 38.2. The Hall–Kier alpha value is -3.07. The van der Waals surface area contributed by atoms with Crippen LogP contribution < -0.4 is 10.1 Å². The molecule has 0 fully saturated rings. The van der Waals surface area contributed by atoms with Gasteiger partial charge in [-0.05, 0) is 36.1 Å². The molecule has 0 aliphatic heterocycles. The Balaban J connectivity index is 2.09. The third-order valence-electron chi connectivity index (χ3n) is 5.37. The van der Waals surface area contributed by atoms with Crippen LogP contribution >= 0.6 is 11.8 Å². The molecule has 2 aromatic carbocycles. The second kappa shape index (κ2) is 14.2. The van der Waals surface area contributed by atoms with E-state index in [4.69, 9.17) is 4.74 Å². The molecule has 0 saturated carbocycles. The zero-order valence-corrected chi connectivity index (χ0v) is 20.8. The lowest BCUT2D eigenvalue weighted by Crippen LogP contribution is -2.49. The number of carbonyl (C=O) groups is 2. The highest BCUT2D eigenvalue weighted by molar-refractivity contribution is 7.99. The van der Waals surface area contributed by atoms with Crippen LogP contribution in [0.25, 0.3) is 0 Å². The molecule has 9 heteroatoms. The number of hydrogen-bond acceptors (Lipinski definition) is 6. The number of carbonyl (C=O) groups excluding carboxylic acids is 2. The Labute approximate surface area is 205 Å². The quantitative estimate of drug-likeness (QED) is 0.238. The maximum atomic E-state index is 13.3. The van der Waals surface area contributed by atoms with Gasteiger partial charge in [0.15, 0.2) is 0 Å². The Bertz CT molecular complexity index is 935. The predicted molar refractivity (Wildman–Crippen MR) is 135 cm³/mol. The van der Waals surface area contributed by atoms with E-state index in [9.17, 15) is 19.7 Å². The van der Waals surface area contributed by atoms with Gasteiger partial charge in [0.05, 0.1) is 17.8 Å². The first-order valence-corrected chi connectivity index (χ1v) is 12.6. The SMILES string of the molecule is CCCCNC(=O)[C@@H](CC)N(Cc1ccc(OC)cc1)C(=O)CSCc1ccc([N+](=O)[O-])cc1. The summed E-state index contributed by atoms with van der Waals surface area (Å²) in [5, 5.41) is 13.8. The van der Waals surface area contributed by atoms with E-state index in [1.54, 1.807) is 24.1 Å². The molecule has 34 heavy (non-hydrogen) atoms. The van der Waals surface area contributed by atoms with Gasteiger partial charge in [-0.2, -0.15) is 0 Å². The van der Waals surface area contributed by atoms with Crippen LogP contribution in [0.1, 0.15) is 44.2 Å². The minimum atomic E-state index is -0.563. The second-order valence-electron chi connectivity index (χ2n) is 7.85. The fraction of sp³-hybridized carbons (Fsp3) is 0.440. The Kier molecular flexibility index (Phi) is 11.4. The maximum absolute atomic E-state index is 13.3. The van der Waals surface area contributed by atoms with Crippen molar-refractivity contribution in [1.29, 1.82) is 0 Å². The minimum Gasteiger partial charge on any atom is -0.497 e. The molecule has 0 spiro atoms. The van der Waals surface area contributed by atoms with Crippen LogP contribution in [0.3, 0.4) is 0 Å². The number of ether oxygens (including phenoxy) is 1. The summed E-state index contributed by atoms with van der Waals surface area (Å²) < 4.78 is 5.21. The van der Waals surface area contributed by atoms with E-state index in [2.05, 4.69) is 12.2 Å². The number of benzene rings is 2. The van der Waals surface area contributed by atoms with Gasteiger partial charge in [0, 0.05) is 31.0 Å².